The number of unbranched alkanes of at least 4 members (excludes halogenated alkanes) is 26. The maximum Gasteiger partial charge on any atom is 0.472 e. The number of hydrogen-bond donors (Lipinski definition) is 6. The Kier molecular flexibility index (Phi) is 32.7. The molecule has 0 bridgehead atoms. The van der Waals surface area contributed by atoms with Gasteiger partial charge in [0.1, 0.15) is 43.2 Å². The molecule has 338 valence electrons. The highest BCUT2D eigenvalue weighted by molar-refractivity contribution is 7.47. The molecular formula is C43H83O13P. The normalized spacial score (nSPS) is 22.6. The summed E-state index contributed by atoms with van der Waals surface area (Å²) in [6.07, 6.45) is 20.3. The Labute approximate surface area is 344 Å². The Morgan fingerprint density at radius 1 is 0.474 bits per heavy atom. The predicted octanol–water partition coefficient (Wildman–Crippen LogP) is 8.50. The molecule has 14 heteroatoms. The number of carbonyl (C=O) groups excluding carboxylic acids is 2. The minimum Gasteiger partial charge on any atom is -0.462 e. The lowest BCUT2D eigenvalue weighted by atomic mass is 9.85. The molecule has 1 saturated carbocycles. The summed E-state index contributed by atoms with van der Waals surface area (Å²) in [4.78, 5) is 35.6. The number of carbonyl (C=O) groups is 2. The summed E-state index contributed by atoms with van der Waals surface area (Å²) in [6, 6.07) is 0. The molecule has 1 aliphatic rings. The highest BCUT2D eigenvalue weighted by Gasteiger charge is 2.51. The van der Waals surface area contributed by atoms with E-state index in [1.165, 1.54) is 128 Å². The third-order valence-corrected chi connectivity index (χ3v) is 11.9. The van der Waals surface area contributed by atoms with Gasteiger partial charge in [-0.25, -0.2) is 4.57 Å². The second kappa shape index (κ2) is 34.6. The Hall–Kier alpha value is -1.15. The van der Waals surface area contributed by atoms with Crippen LogP contribution >= 0.6 is 7.82 Å². The summed E-state index contributed by atoms with van der Waals surface area (Å²) in [5.41, 5.74) is 0. The fraction of sp³-hybridized carbons (Fsp3) is 0.953. The van der Waals surface area contributed by atoms with Gasteiger partial charge in [-0.1, -0.05) is 181 Å². The first kappa shape index (κ1) is 53.9. The zero-order valence-corrected chi connectivity index (χ0v) is 36.6. The largest absolute Gasteiger partial charge is 0.472 e. The monoisotopic (exact) mass is 839 g/mol. The second-order valence-corrected chi connectivity index (χ2v) is 17.7. The van der Waals surface area contributed by atoms with Gasteiger partial charge in [-0.05, 0) is 12.8 Å². The molecule has 1 fully saturated rings. The average molecular weight is 839 g/mol. The molecular weight excluding hydrogens is 755 g/mol. The molecule has 0 aromatic heterocycles. The van der Waals surface area contributed by atoms with E-state index in [4.69, 9.17) is 18.5 Å². The molecule has 0 aromatic carbocycles. The van der Waals surface area contributed by atoms with Gasteiger partial charge >= 0.3 is 19.8 Å². The van der Waals surface area contributed by atoms with Crippen molar-refractivity contribution in [2.75, 3.05) is 13.2 Å². The van der Waals surface area contributed by atoms with Crippen LogP contribution in [0.25, 0.3) is 0 Å². The van der Waals surface area contributed by atoms with Gasteiger partial charge < -0.3 is 39.9 Å². The van der Waals surface area contributed by atoms with Crippen LogP contribution in [0.5, 0.6) is 0 Å². The molecule has 0 radical (unpaired) electrons. The van der Waals surface area contributed by atoms with E-state index >= 15 is 0 Å². The Morgan fingerprint density at radius 3 is 1.16 bits per heavy atom. The number of hydrogen-bond acceptors (Lipinski definition) is 12. The molecule has 0 spiro atoms. The van der Waals surface area contributed by atoms with Crippen LogP contribution in [0.3, 0.4) is 0 Å². The molecule has 57 heavy (non-hydrogen) atoms. The van der Waals surface area contributed by atoms with Crippen LogP contribution in [0.2, 0.25) is 0 Å². The highest BCUT2D eigenvalue weighted by atomic mass is 31.2. The fourth-order valence-electron chi connectivity index (χ4n) is 7.23. The van der Waals surface area contributed by atoms with E-state index in [2.05, 4.69) is 13.8 Å². The standard InChI is InChI=1S/C43H83O13P/c1-3-5-7-9-11-13-15-16-17-18-19-20-21-22-24-26-28-30-32-37(45)55-35(33-53-36(44)31-29-27-25-23-14-12-10-8-6-4-2)34-54-57(51,52)56-43-41(49)39(47)38(46)40(48)42(43)50/h35,38-43,46-50H,3-34H2,1-2H3,(H,51,52). The fourth-order valence-corrected chi connectivity index (χ4v) is 8.20. The van der Waals surface area contributed by atoms with E-state index in [0.29, 0.717) is 12.8 Å². The molecule has 0 aromatic rings. The van der Waals surface area contributed by atoms with Crippen molar-refractivity contribution in [2.24, 2.45) is 0 Å². The van der Waals surface area contributed by atoms with Crippen molar-refractivity contribution in [1.29, 1.82) is 0 Å². The number of aliphatic hydroxyl groups is 5. The maximum absolute atomic E-state index is 12.8. The molecule has 6 atom stereocenters. The number of rotatable bonds is 38. The molecule has 1 aliphatic carbocycles. The van der Waals surface area contributed by atoms with Crippen molar-refractivity contribution < 1.29 is 63.1 Å². The first-order valence-corrected chi connectivity index (χ1v) is 24.3. The minimum absolute atomic E-state index is 0.105. The molecule has 13 nitrogen and oxygen atoms in total. The van der Waals surface area contributed by atoms with Crippen LogP contribution < -0.4 is 0 Å². The van der Waals surface area contributed by atoms with Crippen LogP contribution in [0.15, 0.2) is 0 Å². The predicted molar refractivity (Wildman–Crippen MR) is 221 cm³/mol. The van der Waals surface area contributed by atoms with Gasteiger partial charge in [0.05, 0.1) is 6.61 Å². The smallest absolute Gasteiger partial charge is 0.462 e. The summed E-state index contributed by atoms with van der Waals surface area (Å²) >= 11 is 0. The summed E-state index contributed by atoms with van der Waals surface area (Å²) in [5.74, 6) is -1.09. The average Bonchev–Trinajstić information content (AvgIpc) is 3.19. The first-order chi connectivity index (χ1) is 27.4. The van der Waals surface area contributed by atoms with Crippen molar-refractivity contribution in [3.63, 3.8) is 0 Å². The quantitative estimate of drug-likeness (QED) is 0.0196. The van der Waals surface area contributed by atoms with Crippen LogP contribution in [-0.2, 0) is 32.7 Å². The maximum atomic E-state index is 12.8. The SMILES string of the molecule is CCCCCCCCCCCCCCCCCCCCC(=O)OC(COC(=O)CCCCCCCCCCCC)COP(=O)(O)OC1C(O)C(O)C(O)C(O)C1O. The number of phosphoric acid groups is 1. The van der Waals surface area contributed by atoms with Gasteiger partial charge in [-0.15, -0.1) is 0 Å². The first-order valence-electron chi connectivity index (χ1n) is 22.8. The van der Waals surface area contributed by atoms with Gasteiger partial charge in [0.25, 0.3) is 0 Å². The van der Waals surface area contributed by atoms with E-state index in [1.807, 2.05) is 0 Å². The third-order valence-electron chi connectivity index (χ3n) is 10.9. The molecule has 1 rings (SSSR count). The molecule has 0 saturated heterocycles. The van der Waals surface area contributed by atoms with Crippen molar-refractivity contribution in [1.82, 2.24) is 0 Å². The Balaban J connectivity index is 2.42. The summed E-state index contributed by atoms with van der Waals surface area (Å²) < 4.78 is 33.5. The summed E-state index contributed by atoms with van der Waals surface area (Å²) in [5, 5.41) is 50.1. The molecule has 6 unspecified atom stereocenters. The second-order valence-electron chi connectivity index (χ2n) is 16.3. The van der Waals surface area contributed by atoms with E-state index in [-0.39, 0.29) is 12.8 Å². The minimum atomic E-state index is -5.11. The van der Waals surface area contributed by atoms with Crippen LogP contribution in [0.1, 0.15) is 206 Å². The van der Waals surface area contributed by atoms with Gasteiger partial charge in [0.15, 0.2) is 6.10 Å². The van der Waals surface area contributed by atoms with Crippen molar-refractivity contribution in [2.45, 2.75) is 249 Å². The lowest BCUT2D eigenvalue weighted by Gasteiger charge is -2.41. The zero-order chi connectivity index (χ0) is 42.2. The molecule has 0 aliphatic heterocycles. The van der Waals surface area contributed by atoms with E-state index < -0.39 is 75.7 Å². The zero-order valence-electron chi connectivity index (χ0n) is 35.7. The van der Waals surface area contributed by atoms with Crippen molar-refractivity contribution in [3.05, 3.63) is 0 Å². The van der Waals surface area contributed by atoms with E-state index in [1.54, 1.807) is 0 Å². The Morgan fingerprint density at radius 2 is 0.789 bits per heavy atom. The van der Waals surface area contributed by atoms with Crippen LogP contribution in [0.4, 0.5) is 0 Å². The lowest BCUT2D eigenvalue weighted by Crippen LogP contribution is -2.64. The number of esters is 2. The third kappa shape index (κ3) is 27.3. The molecule has 6 N–H and O–H groups in total. The van der Waals surface area contributed by atoms with Crippen LogP contribution in [-0.4, -0.2) is 98.3 Å². The lowest BCUT2D eigenvalue weighted by molar-refractivity contribution is -0.220. The van der Waals surface area contributed by atoms with Crippen molar-refractivity contribution >= 4 is 19.8 Å². The van der Waals surface area contributed by atoms with Gasteiger partial charge in [0, 0.05) is 12.8 Å². The van der Waals surface area contributed by atoms with Gasteiger partial charge in [-0.2, -0.15) is 0 Å². The number of phosphoric ester groups is 1. The van der Waals surface area contributed by atoms with Crippen molar-refractivity contribution in [3.8, 4) is 0 Å². The highest BCUT2D eigenvalue weighted by Crippen LogP contribution is 2.47. The van der Waals surface area contributed by atoms with Gasteiger partial charge in [0.2, 0.25) is 0 Å². The Bertz CT molecular complexity index is 1020. The van der Waals surface area contributed by atoms with E-state index in [9.17, 15) is 44.6 Å². The topological polar surface area (TPSA) is 210 Å². The van der Waals surface area contributed by atoms with Gasteiger partial charge in [-0.3, -0.25) is 18.6 Å². The summed E-state index contributed by atoms with van der Waals surface area (Å²) in [6.45, 7) is 3.30. The molecule has 0 heterocycles. The molecule has 0 amide bonds. The number of aliphatic hydroxyl groups excluding tert-OH is 5. The van der Waals surface area contributed by atoms with Crippen LogP contribution in [0, 0.1) is 0 Å². The van der Waals surface area contributed by atoms with E-state index in [0.717, 1.165) is 38.5 Å². The summed E-state index contributed by atoms with van der Waals surface area (Å²) in [7, 11) is -5.11. The number of ether oxygens (including phenoxy) is 2.